The number of hydrogen-bond donors (Lipinski definition) is 0. The lowest BCUT2D eigenvalue weighted by Gasteiger charge is -2.24. The van der Waals surface area contributed by atoms with Crippen LogP contribution in [0.15, 0.2) is 42.9 Å². The predicted molar refractivity (Wildman–Crippen MR) is 85.0 cm³/mol. The van der Waals surface area contributed by atoms with Crippen LogP contribution in [0.25, 0.3) is 0 Å². The first kappa shape index (κ1) is 15.0. The van der Waals surface area contributed by atoms with E-state index in [1.54, 1.807) is 12.5 Å². The van der Waals surface area contributed by atoms with Gasteiger partial charge in [0.1, 0.15) is 12.3 Å². The molecule has 1 atom stereocenters. The number of ether oxygens (including phenoxy) is 1. The maximum atomic E-state index is 12.4. The second-order valence-electron chi connectivity index (χ2n) is 6.01. The minimum atomic E-state index is -0.000366. The highest BCUT2D eigenvalue weighted by atomic mass is 16.5. The summed E-state index contributed by atoms with van der Waals surface area (Å²) >= 11 is 0. The maximum Gasteiger partial charge on any atom is 0.206 e. The second kappa shape index (κ2) is 6.88. The van der Waals surface area contributed by atoms with E-state index in [4.69, 9.17) is 4.74 Å². The van der Waals surface area contributed by atoms with Crippen LogP contribution in [0.1, 0.15) is 48.3 Å². The molecule has 1 heterocycles. The van der Waals surface area contributed by atoms with Crippen molar-refractivity contribution in [3.05, 3.63) is 54.1 Å². The number of aromatic nitrogens is 2. The van der Waals surface area contributed by atoms with Gasteiger partial charge in [0.15, 0.2) is 0 Å². The number of carbonyl (C=O) groups excluding carboxylic acids is 1. The summed E-state index contributed by atoms with van der Waals surface area (Å²) in [5.74, 6) is 0.653. The average Bonchev–Trinajstić information content (AvgIpc) is 2.99. The van der Waals surface area contributed by atoms with Crippen LogP contribution < -0.4 is 0 Å². The Morgan fingerprint density at radius 2 is 2.14 bits per heavy atom. The molecule has 1 saturated carbocycles. The predicted octanol–water partition coefficient (Wildman–Crippen LogP) is 3.49. The highest BCUT2D eigenvalue weighted by Crippen LogP contribution is 2.26. The van der Waals surface area contributed by atoms with Gasteiger partial charge in [0.2, 0.25) is 5.78 Å². The molecule has 1 aliphatic rings. The lowest BCUT2D eigenvalue weighted by Crippen LogP contribution is -2.22. The highest BCUT2D eigenvalue weighted by Gasteiger charge is 2.20. The van der Waals surface area contributed by atoms with E-state index in [0.717, 1.165) is 5.56 Å². The zero-order valence-electron chi connectivity index (χ0n) is 12.9. The van der Waals surface area contributed by atoms with E-state index in [0.29, 0.717) is 18.2 Å². The van der Waals surface area contributed by atoms with E-state index in [1.165, 1.54) is 19.3 Å². The summed E-state index contributed by atoms with van der Waals surface area (Å²) in [6.45, 7) is 2.92. The normalized spacial score (nSPS) is 16.2. The molecule has 0 unspecified atom stereocenters. The Bertz CT molecular complexity index is 617. The Labute approximate surface area is 131 Å². The zero-order valence-corrected chi connectivity index (χ0v) is 12.9. The van der Waals surface area contributed by atoms with Gasteiger partial charge in [-0.25, -0.2) is 4.98 Å². The van der Waals surface area contributed by atoms with Crippen molar-refractivity contribution in [3.8, 4) is 0 Å². The minimum Gasteiger partial charge on any atom is -0.373 e. The zero-order chi connectivity index (χ0) is 15.4. The van der Waals surface area contributed by atoms with Crippen LogP contribution in [0.4, 0.5) is 0 Å². The van der Waals surface area contributed by atoms with Crippen LogP contribution in [-0.4, -0.2) is 28.5 Å². The van der Waals surface area contributed by atoms with E-state index in [2.05, 4.69) is 24.0 Å². The summed E-state index contributed by atoms with van der Waals surface area (Å²) in [5.41, 5.74) is 1.77. The van der Waals surface area contributed by atoms with Gasteiger partial charge >= 0.3 is 0 Å². The quantitative estimate of drug-likeness (QED) is 0.735. The Balaban J connectivity index is 1.64. The number of rotatable bonds is 7. The van der Waals surface area contributed by atoms with Gasteiger partial charge in [-0.05, 0) is 31.2 Å². The first-order chi connectivity index (χ1) is 10.8. The third-order valence-electron chi connectivity index (χ3n) is 4.46. The molecule has 0 saturated heterocycles. The van der Waals surface area contributed by atoms with Crippen molar-refractivity contribution in [1.82, 2.24) is 9.55 Å². The lowest BCUT2D eigenvalue weighted by molar-refractivity contribution is 0.0554. The van der Waals surface area contributed by atoms with Crippen molar-refractivity contribution in [2.24, 2.45) is 5.92 Å². The summed E-state index contributed by atoms with van der Waals surface area (Å²) < 4.78 is 7.49. The van der Waals surface area contributed by atoms with Crippen LogP contribution in [0.2, 0.25) is 0 Å². The molecule has 0 spiro atoms. The fourth-order valence-electron chi connectivity index (χ4n) is 2.77. The van der Waals surface area contributed by atoms with Crippen LogP contribution >= 0.6 is 0 Å². The molecule has 116 valence electrons. The molecular weight excluding hydrogens is 276 g/mol. The number of benzene rings is 1. The molecular formula is C18H22N2O2. The second-order valence-corrected chi connectivity index (χ2v) is 6.01. The number of nitrogens with zero attached hydrogens (tertiary/aromatic N) is 2. The molecule has 0 amide bonds. The van der Waals surface area contributed by atoms with E-state index in [1.807, 2.05) is 22.8 Å². The van der Waals surface area contributed by atoms with E-state index in [-0.39, 0.29) is 18.4 Å². The number of ketones is 1. The Kier molecular flexibility index (Phi) is 4.68. The summed E-state index contributed by atoms with van der Waals surface area (Å²) in [6.07, 6.45) is 7.11. The van der Waals surface area contributed by atoms with Gasteiger partial charge in [0, 0.05) is 0 Å². The number of hydrogen-bond acceptors (Lipinski definition) is 3. The number of imidazole rings is 1. The number of Topliss-reactive ketones (excluding diaryl/α,β-unsaturated/α-hetero) is 1. The third kappa shape index (κ3) is 3.28. The Hall–Kier alpha value is -1.94. The smallest absolute Gasteiger partial charge is 0.206 e. The van der Waals surface area contributed by atoms with E-state index >= 15 is 0 Å². The fraction of sp³-hybridized carbons (Fsp3) is 0.444. The monoisotopic (exact) mass is 298 g/mol. The van der Waals surface area contributed by atoms with Crippen molar-refractivity contribution in [1.29, 1.82) is 0 Å². The summed E-state index contributed by atoms with van der Waals surface area (Å²) in [7, 11) is 0. The van der Waals surface area contributed by atoms with Crippen molar-refractivity contribution >= 4 is 5.78 Å². The van der Waals surface area contributed by atoms with Crippen LogP contribution in [-0.2, 0) is 4.74 Å². The lowest BCUT2D eigenvalue weighted by atomic mass is 9.86. The molecule has 1 aliphatic carbocycles. The number of carbonyl (C=O) groups is 1. The van der Waals surface area contributed by atoms with Crippen LogP contribution in [0.3, 0.4) is 0 Å². The van der Waals surface area contributed by atoms with Gasteiger partial charge in [0.25, 0.3) is 0 Å². The van der Waals surface area contributed by atoms with Gasteiger partial charge in [0.05, 0.1) is 25.2 Å². The van der Waals surface area contributed by atoms with Gasteiger partial charge < -0.3 is 9.30 Å². The molecule has 0 bridgehead atoms. The van der Waals surface area contributed by atoms with E-state index in [9.17, 15) is 4.79 Å². The summed E-state index contributed by atoms with van der Waals surface area (Å²) in [6, 6.07) is 10.2. The summed E-state index contributed by atoms with van der Waals surface area (Å²) in [4.78, 5) is 16.5. The molecule has 1 aromatic heterocycles. The molecule has 22 heavy (non-hydrogen) atoms. The molecule has 3 rings (SSSR count). The van der Waals surface area contributed by atoms with Crippen molar-refractivity contribution in [2.75, 3.05) is 13.2 Å². The van der Waals surface area contributed by atoms with Gasteiger partial charge in [-0.1, -0.05) is 36.8 Å². The Morgan fingerprint density at radius 3 is 2.82 bits per heavy atom. The maximum absolute atomic E-state index is 12.4. The summed E-state index contributed by atoms with van der Waals surface area (Å²) in [5, 5.41) is 0. The van der Waals surface area contributed by atoms with Gasteiger partial charge in [-0.2, -0.15) is 0 Å². The van der Waals surface area contributed by atoms with Crippen LogP contribution in [0.5, 0.6) is 0 Å². The van der Waals surface area contributed by atoms with Crippen LogP contribution in [0, 0.1) is 5.92 Å². The first-order valence-corrected chi connectivity index (χ1v) is 7.93. The SMILES string of the molecule is C[C@H](c1ccccc1)n1cncc1C(=O)COCC1CCC1. The molecule has 1 aromatic carbocycles. The molecule has 0 aliphatic heterocycles. The third-order valence-corrected chi connectivity index (χ3v) is 4.46. The van der Waals surface area contributed by atoms with Crippen molar-refractivity contribution in [2.45, 2.75) is 32.2 Å². The fourth-order valence-corrected chi connectivity index (χ4v) is 2.77. The standard InChI is InChI=1S/C18H22N2O2/c1-14(16-8-3-2-4-9-16)20-13-19-10-17(20)18(21)12-22-11-15-6-5-7-15/h2-4,8-10,13-15H,5-7,11-12H2,1H3/t14-/m1/s1. The molecule has 0 N–H and O–H groups in total. The molecule has 4 nitrogen and oxygen atoms in total. The molecule has 4 heteroatoms. The first-order valence-electron chi connectivity index (χ1n) is 7.93. The van der Waals surface area contributed by atoms with Crippen molar-refractivity contribution < 1.29 is 9.53 Å². The Morgan fingerprint density at radius 1 is 1.36 bits per heavy atom. The molecule has 0 radical (unpaired) electrons. The average molecular weight is 298 g/mol. The van der Waals surface area contributed by atoms with Crippen molar-refractivity contribution in [3.63, 3.8) is 0 Å². The minimum absolute atomic E-state index is 0.000366. The molecule has 1 fully saturated rings. The highest BCUT2D eigenvalue weighted by molar-refractivity contribution is 5.95. The molecule has 2 aromatic rings. The van der Waals surface area contributed by atoms with E-state index < -0.39 is 0 Å². The van der Waals surface area contributed by atoms with Gasteiger partial charge in [-0.3, -0.25) is 4.79 Å². The topological polar surface area (TPSA) is 44.1 Å². The largest absolute Gasteiger partial charge is 0.373 e. The van der Waals surface area contributed by atoms with Gasteiger partial charge in [-0.15, -0.1) is 0 Å².